The van der Waals surface area contributed by atoms with E-state index >= 15 is 0 Å². The molecule has 0 aromatic heterocycles. The van der Waals surface area contributed by atoms with E-state index in [1.54, 1.807) is 12.1 Å². The monoisotopic (exact) mass is 213 g/mol. The van der Waals surface area contributed by atoms with Crippen molar-refractivity contribution in [3.05, 3.63) is 34.6 Å². The van der Waals surface area contributed by atoms with Crippen LogP contribution in [0.1, 0.15) is 25.3 Å². The van der Waals surface area contributed by atoms with Gasteiger partial charge < -0.3 is 5.32 Å². The maximum atomic E-state index is 13.3. The van der Waals surface area contributed by atoms with Gasteiger partial charge >= 0.3 is 0 Å². The van der Waals surface area contributed by atoms with E-state index < -0.39 is 0 Å². The summed E-state index contributed by atoms with van der Waals surface area (Å²) in [6.07, 6.45) is 2.33. The first-order valence-electron chi connectivity index (χ1n) is 4.79. The van der Waals surface area contributed by atoms with Gasteiger partial charge in [-0.05, 0) is 31.9 Å². The summed E-state index contributed by atoms with van der Waals surface area (Å²) in [6.45, 7) is 2.66. The van der Waals surface area contributed by atoms with Crippen LogP contribution in [-0.4, -0.2) is 5.54 Å². The lowest BCUT2D eigenvalue weighted by atomic mass is 10.2. The molecule has 3 heteroatoms. The highest BCUT2D eigenvalue weighted by molar-refractivity contribution is 6.31. The Kier molecular flexibility index (Phi) is 2.50. The fourth-order valence-electron chi connectivity index (χ4n) is 1.37. The quantitative estimate of drug-likeness (QED) is 0.814. The number of halogens is 2. The van der Waals surface area contributed by atoms with Gasteiger partial charge in [-0.2, -0.15) is 0 Å². The van der Waals surface area contributed by atoms with Crippen LogP contribution in [0.15, 0.2) is 18.2 Å². The van der Waals surface area contributed by atoms with E-state index in [1.165, 1.54) is 18.9 Å². The number of rotatable bonds is 3. The van der Waals surface area contributed by atoms with Gasteiger partial charge in [0.1, 0.15) is 5.82 Å². The van der Waals surface area contributed by atoms with E-state index in [1.807, 2.05) is 0 Å². The predicted molar refractivity (Wildman–Crippen MR) is 55.9 cm³/mol. The zero-order valence-corrected chi connectivity index (χ0v) is 8.87. The van der Waals surface area contributed by atoms with Crippen LogP contribution >= 0.6 is 11.6 Å². The molecule has 1 saturated carbocycles. The molecule has 76 valence electrons. The molecule has 0 unspecified atom stereocenters. The zero-order chi connectivity index (χ0) is 10.2. The number of hydrogen-bond acceptors (Lipinski definition) is 1. The van der Waals surface area contributed by atoms with Crippen LogP contribution in [0.4, 0.5) is 4.39 Å². The molecule has 0 radical (unpaired) electrons. The lowest BCUT2D eigenvalue weighted by Gasteiger charge is -2.12. The SMILES string of the molecule is CC1(NCc2c(F)cccc2Cl)CC1. The van der Waals surface area contributed by atoms with Crippen molar-refractivity contribution in [3.8, 4) is 0 Å². The van der Waals surface area contributed by atoms with Crippen molar-refractivity contribution in [2.45, 2.75) is 31.8 Å². The van der Waals surface area contributed by atoms with Crippen LogP contribution in [0.3, 0.4) is 0 Å². The molecule has 0 heterocycles. The summed E-state index contributed by atoms with van der Waals surface area (Å²) >= 11 is 5.90. The minimum atomic E-state index is -0.228. The Morgan fingerprint density at radius 3 is 2.79 bits per heavy atom. The van der Waals surface area contributed by atoms with Crippen molar-refractivity contribution in [1.82, 2.24) is 5.32 Å². The zero-order valence-electron chi connectivity index (χ0n) is 8.11. The van der Waals surface area contributed by atoms with Gasteiger partial charge in [0.15, 0.2) is 0 Å². The second-order valence-electron chi connectivity index (χ2n) is 4.11. The maximum absolute atomic E-state index is 13.3. The fourth-order valence-corrected chi connectivity index (χ4v) is 1.60. The van der Waals surface area contributed by atoms with Crippen molar-refractivity contribution >= 4 is 11.6 Å². The molecule has 1 N–H and O–H groups in total. The van der Waals surface area contributed by atoms with Gasteiger partial charge in [0.05, 0.1) is 0 Å². The van der Waals surface area contributed by atoms with Crippen LogP contribution < -0.4 is 5.32 Å². The third-order valence-electron chi connectivity index (χ3n) is 2.75. The molecular formula is C11H13ClFN. The molecular weight excluding hydrogens is 201 g/mol. The third kappa shape index (κ3) is 2.07. The largest absolute Gasteiger partial charge is 0.307 e. The van der Waals surface area contributed by atoms with Gasteiger partial charge in [-0.1, -0.05) is 17.7 Å². The number of benzene rings is 1. The Labute approximate surface area is 88.3 Å². The summed E-state index contributed by atoms with van der Waals surface area (Å²) in [5.41, 5.74) is 0.785. The van der Waals surface area contributed by atoms with Crippen LogP contribution in [0, 0.1) is 5.82 Å². The summed E-state index contributed by atoms with van der Waals surface area (Å²) < 4.78 is 13.3. The molecule has 1 aromatic rings. The van der Waals surface area contributed by atoms with Crippen molar-refractivity contribution < 1.29 is 4.39 Å². The second-order valence-corrected chi connectivity index (χ2v) is 4.52. The summed E-state index contributed by atoms with van der Waals surface area (Å²) in [5, 5.41) is 3.81. The molecule has 0 spiro atoms. The van der Waals surface area contributed by atoms with E-state index in [-0.39, 0.29) is 11.4 Å². The first-order chi connectivity index (χ1) is 6.61. The molecule has 1 aromatic carbocycles. The molecule has 14 heavy (non-hydrogen) atoms. The van der Waals surface area contributed by atoms with Crippen LogP contribution in [0.25, 0.3) is 0 Å². The molecule has 2 rings (SSSR count). The normalized spacial score (nSPS) is 18.2. The Hall–Kier alpha value is -0.600. The van der Waals surface area contributed by atoms with Crippen LogP contribution in [-0.2, 0) is 6.54 Å². The van der Waals surface area contributed by atoms with Gasteiger partial charge in [-0.25, -0.2) is 4.39 Å². The average molecular weight is 214 g/mol. The van der Waals surface area contributed by atoms with E-state index in [0.717, 1.165) is 0 Å². The lowest BCUT2D eigenvalue weighted by Crippen LogP contribution is -2.27. The van der Waals surface area contributed by atoms with E-state index in [4.69, 9.17) is 11.6 Å². The Morgan fingerprint density at radius 1 is 1.50 bits per heavy atom. The fraction of sp³-hybridized carbons (Fsp3) is 0.455. The minimum absolute atomic E-state index is 0.214. The lowest BCUT2D eigenvalue weighted by molar-refractivity contribution is 0.518. The van der Waals surface area contributed by atoms with Crippen molar-refractivity contribution in [1.29, 1.82) is 0 Å². The number of nitrogens with one attached hydrogen (secondary N) is 1. The van der Waals surface area contributed by atoms with E-state index in [2.05, 4.69) is 12.2 Å². The van der Waals surface area contributed by atoms with Crippen molar-refractivity contribution in [2.24, 2.45) is 0 Å². The summed E-state index contributed by atoms with van der Waals surface area (Å²) in [7, 11) is 0. The van der Waals surface area contributed by atoms with Gasteiger partial charge in [-0.15, -0.1) is 0 Å². The molecule has 0 bridgehead atoms. The van der Waals surface area contributed by atoms with Crippen LogP contribution in [0.2, 0.25) is 5.02 Å². The third-order valence-corrected chi connectivity index (χ3v) is 3.11. The van der Waals surface area contributed by atoms with Crippen molar-refractivity contribution in [2.75, 3.05) is 0 Å². The van der Waals surface area contributed by atoms with Gasteiger partial charge in [0.25, 0.3) is 0 Å². The highest BCUT2D eigenvalue weighted by atomic mass is 35.5. The Morgan fingerprint density at radius 2 is 2.21 bits per heavy atom. The standard InChI is InChI=1S/C11H13ClFN/c1-11(5-6-11)14-7-8-9(12)3-2-4-10(8)13/h2-4,14H,5-7H2,1H3. The molecule has 1 aliphatic rings. The average Bonchev–Trinajstić information content (AvgIpc) is 2.83. The highest BCUT2D eigenvalue weighted by Gasteiger charge is 2.36. The summed E-state index contributed by atoms with van der Waals surface area (Å²) in [6, 6.07) is 4.79. The smallest absolute Gasteiger partial charge is 0.129 e. The molecule has 0 aliphatic heterocycles. The highest BCUT2D eigenvalue weighted by Crippen LogP contribution is 2.35. The molecule has 0 atom stereocenters. The second kappa shape index (κ2) is 3.52. The Bertz CT molecular complexity index is 327. The summed E-state index contributed by atoms with van der Waals surface area (Å²) in [4.78, 5) is 0. The van der Waals surface area contributed by atoms with Gasteiger partial charge in [-0.3, -0.25) is 0 Å². The van der Waals surface area contributed by atoms with E-state index in [0.29, 0.717) is 17.1 Å². The minimum Gasteiger partial charge on any atom is -0.307 e. The first-order valence-corrected chi connectivity index (χ1v) is 5.16. The Balaban J connectivity index is 2.08. The molecule has 1 fully saturated rings. The first kappa shape index (κ1) is 9.94. The molecule has 0 saturated heterocycles. The molecule has 1 nitrogen and oxygen atoms in total. The van der Waals surface area contributed by atoms with Crippen molar-refractivity contribution in [3.63, 3.8) is 0 Å². The van der Waals surface area contributed by atoms with Gasteiger partial charge in [0, 0.05) is 22.7 Å². The van der Waals surface area contributed by atoms with E-state index in [9.17, 15) is 4.39 Å². The predicted octanol–water partition coefficient (Wildman–Crippen LogP) is 3.12. The maximum Gasteiger partial charge on any atom is 0.129 e. The summed E-state index contributed by atoms with van der Waals surface area (Å²) in [5.74, 6) is -0.228. The van der Waals surface area contributed by atoms with Gasteiger partial charge in [0.2, 0.25) is 0 Å². The molecule has 1 aliphatic carbocycles. The number of hydrogen-bond donors (Lipinski definition) is 1. The molecule has 0 amide bonds. The topological polar surface area (TPSA) is 12.0 Å². The van der Waals surface area contributed by atoms with Crippen LogP contribution in [0.5, 0.6) is 0 Å².